The molecule has 0 aliphatic rings. The number of hydrogen-bond donors (Lipinski definition) is 1. The Kier molecular flexibility index (Phi) is 5.99. The maximum absolute atomic E-state index is 11.3. The SMILES string of the molecule is C=CC[C@@H](OC)[C@H](CCC)S(N)(=O)=O. The van der Waals surface area contributed by atoms with E-state index in [0.717, 1.165) is 6.42 Å². The summed E-state index contributed by atoms with van der Waals surface area (Å²) in [6.45, 7) is 5.47. The van der Waals surface area contributed by atoms with Crippen molar-refractivity contribution in [3.8, 4) is 0 Å². The highest BCUT2D eigenvalue weighted by Crippen LogP contribution is 2.16. The van der Waals surface area contributed by atoms with Crippen molar-refractivity contribution in [1.82, 2.24) is 0 Å². The molecule has 0 unspecified atom stereocenters. The Morgan fingerprint density at radius 2 is 2.14 bits per heavy atom. The molecule has 0 rings (SSSR count). The number of hydrogen-bond acceptors (Lipinski definition) is 3. The molecule has 0 aromatic heterocycles. The first-order valence-electron chi connectivity index (χ1n) is 4.62. The number of rotatable bonds is 7. The Hall–Kier alpha value is -0.390. The summed E-state index contributed by atoms with van der Waals surface area (Å²) in [4.78, 5) is 0. The molecule has 84 valence electrons. The lowest BCUT2D eigenvalue weighted by molar-refractivity contribution is 0.0983. The standard InChI is InChI=1S/C9H19NO3S/c1-4-6-8(13-3)9(7-5-2)14(10,11)12/h4,8-9H,1,5-7H2,2-3H3,(H2,10,11,12)/t8-,9+/m1/s1. The third kappa shape index (κ3) is 4.21. The fourth-order valence-corrected chi connectivity index (χ4v) is 2.62. The highest BCUT2D eigenvalue weighted by atomic mass is 32.2. The van der Waals surface area contributed by atoms with Crippen LogP contribution < -0.4 is 5.14 Å². The van der Waals surface area contributed by atoms with Crippen LogP contribution in [0.3, 0.4) is 0 Å². The summed E-state index contributed by atoms with van der Waals surface area (Å²) in [6, 6.07) is 0. The Morgan fingerprint density at radius 1 is 1.57 bits per heavy atom. The Labute approximate surface area is 86.2 Å². The third-order valence-corrected chi connectivity index (χ3v) is 3.49. The summed E-state index contributed by atoms with van der Waals surface area (Å²) in [5.74, 6) is 0. The summed E-state index contributed by atoms with van der Waals surface area (Å²) < 4.78 is 27.6. The number of methoxy groups -OCH3 is 1. The highest BCUT2D eigenvalue weighted by molar-refractivity contribution is 7.89. The minimum atomic E-state index is -3.53. The van der Waals surface area contributed by atoms with E-state index in [9.17, 15) is 8.42 Å². The lowest BCUT2D eigenvalue weighted by Crippen LogP contribution is -2.39. The second kappa shape index (κ2) is 6.16. The van der Waals surface area contributed by atoms with E-state index in [0.29, 0.717) is 12.8 Å². The lowest BCUT2D eigenvalue weighted by atomic mass is 10.1. The van der Waals surface area contributed by atoms with Gasteiger partial charge in [-0.3, -0.25) is 0 Å². The number of ether oxygens (including phenoxy) is 1. The van der Waals surface area contributed by atoms with Crippen LogP contribution in [0.15, 0.2) is 12.7 Å². The Morgan fingerprint density at radius 3 is 2.43 bits per heavy atom. The third-order valence-electron chi connectivity index (χ3n) is 2.11. The van der Waals surface area contributed by atoms with Crippen molar-refractivity contribution < 1.29 is 13.2 Å². The van der Waals surface area contributed by atoms with Gasteiger partial charge in [0.05, 0.1) is 6.10 Å². The van der Waals surface area contributed by atoms with Crippen molar-refractivity contribution in [1.29, 1.82) is 0 Å². The summed E-state index contributed by atoms with van der Waals surface area (Å²) in [7, 11) is -2.05. The van der Waals surface area contributed by atoms with Gasteiger partial charge in [0.15, 0.2) is 0 Å². The van der Waals surface area contributed by atoms with Gasteiger partial charge in [-0.1, -0.05) is 19.4 Å². The first kappa shape index (κ1) is 13.6. The maximum atomic E-state index is 11.3. The molecule has 0 aliphatic carbocycles. The molecular weight excluding hydrogens is 202 g/mol. The minimum Gasteiger partial charge on any atom is -0.380 e. The van der Waals surface area contributed by atoms with E-state index in [1.807, 2.05) is 6.92 Å². The summed E-state index contributed by atoms with van der Waals surface area (Å²) in [5, 5.41) is 4.50. The van der Waals surface area contributed by atoms with Gasteiger partial charge in [-0.2, -0.15) is 0 Å². The van der Waals surface area contributed by atoms with Gasteiger partial charge in [0.1, 0.15) is 5.25 Å². The summed E-state index contributed by atoms with van der Waals surface area (Å²) in [5.41, 5.74) is 0. The van der Waals surface area contributed by atoms with Crippen LogP contribution >= 0.6 is 0 Å². The highest BCUT2D eigenvalue weighted by Gasteiger charge is 2.29. The van der Waals surface area contributed by atoms with Crippen LogP contribution in [-0.4, -0.2) is 26.9 Å². The molecule has 0 fully saturated rings. The molecule has 0 aromatic carbocycles. The predicted octanol–water partition coefficient (Wildman–Crippen LogP) is 1.03. The van der Waals surface area contributed by atoms with Crippen molar-refractivity contribution in [3.05, 3.63) is 12.7 Å². The molecule has 5 heteroatoms. The van der Waals surface area contributed by atoms with E-state index in [1.54, 1.807) is 6.08 Å². The molecule has 2 N–H and O–H groups in total. The van der Waals surface area contributed by atoms with Gasteiger partial charge in [0.25, 0.3) is 0 Å². The van der Waals surface area contributed by atoms with Crippen molar-refractivity contribution >= 4 is 10.0 Å². The zero-order valence-electron chi connectivity index (χ0n) is 8.77. The monoisotopic (exact) mass is 221 g/mol. The van der Waals surface area contributed by atoms with Gasteiger partial charge in [0, 0.05) is 7.11 Å². The molecule has 2 atom stereocenters. The van der Waals surface area contributed by atoms with Crippen molar-refractivity contribution in [2.75, 3.05) is 7.11 Å². The zero-order valence-corrected chi connectivity index (χ0v) is 9.59. The second-order valence-electron chi connectivity index (χ2n) is 3.21. The number of primary sulfonamides is 1. The molecule has 0 spiro atoms. The van der Waals surface area contributed by atoms with E-state index in [4.69, 9.17) is 9.88 Å². The Balaban J connectivity index is 4.68. The van der Waals surface area contributed by atoms with Crippen molar-refractivity contribution in [3.63, 3.8) is 0 Å². The van der Waals surface area contributed by atoms with E-state index in [-0.39, 0.29) is 6.10 Å². The summed E-state index contributed by atoms with van der Waals surface area (Å²) >= 11 is 0. The molecule has 4 nitrogen and oxygen atoms in total. The van der Waals surface area contributed by atoms with Gasteiger partial charge < -0.3 is 4.74 Å². The fourth-order valence-electron chi connectivity index (χ4n) is 1.41. The maximum Gasteiger partial charge on any atom is 0.214 e. The van der Waals surface area contributed by atoms with Crippen LogP contribution in [0.2, 0.25) is 0 Å². The molecule has 0 amide bonds. The van der Waals surface area contributed by atoms with Gasteiger partial charge >= 0.3 is 0 Å². The van der Waals surface area contributed by atoms with E-state index < -0.39 is 15.3 Å². The van der Waals surface area contributed by atoms with Gasteiger partial charge in [-0.15, -0.1) is 6.58 Å². The normalized spacial score (nSPS) is 16.2. The van der Waals surface area contributed by atoms with Gasteiger partial charge in [0.2, 0.25) is 10.0 Å². The molecule has 0 saturated carbocycles. The van der Waals surface area contributed by atoms with Crippen LogP contribution in [-0.2, 0) is 14.8 Å². The van der Waals surface area contributed by atoms with Crippen LogP contribution in [0.25, 0.3) is 0 Å². The largest absolute Gasteiger partial charge is 0.380 e. The average Bonchev–Trinajstić information content (AvgIpc) is 2.09. The number of nitrogens with two attached hydrogens (primary N) is 1. The van der Waals surface area contributed by atoms with Crippen LogP contribution in [0.1, 0.15) is 26.2 Å². The van der Waals surface area contributed by atoms with E-state index in [1.165, 1.54) is 7.11 Å². The molecular formula is C9H19NO3S. The minimum absolute atomic E-state index is 0.387. The second-order valence-corrected chi connectivity index (χ2v) is 5.00. The molecule has 0 bridgehead atoms. The molecule has 0 radical (unpaired) electrons. The Bertz CT molecular complexity index is 261. The first-order valence-corrected chi connectivity index (χ1v) is 6.23. The first-order chi connectivity index (χ1) is 6.47. The van der Waals surface area contributed by atoms with Gasteiger partial charge in [-0.05, 0) is 12.8 Å². The fraction of sp³-hybridized carbons (Fsp3) is 0.778. The average molecular weight is 221 g/mol. The van der Waals surface area contributed by atoms with Crippen LogP contribution in [0, 0.1) is 0 Å². The van der Waals surface area contributed by atoms with Crippen LogP contribution in [0.5, 0.6) is 0 Å². The van der Waals surface area contributed by atoms with E-state index >= 15 is 0 Å². The molecule has 0 aromatic rings. The topological polar surface area (TPSA) is 69.4 Å². The van der Waals surface area contributed by atoms with Gasteiger partial charge in [-0.25, -0.2) is 13.6 Å². The van der Waals surface area contributed by atoms with Crippen molar-refractivity contribution in [2.45, 2.75) is 37.5 Å². The molecule has 0 aliphatic heterocycles. The molecule has 14 heavy (non-hydrogen) atoms. The smallest absolute Gasteiger partial charge is 0.214 e. The van der Waals surface area contributed by atoms with E-state index in [2.05, 4.69) is 6.58 Å². The number of sulfonamides is 1. The molecule has 0 heterocycles. The zero-order chi connectivity index (χ0) is 11.2. The molecule has 0 saturated heterocycles. The summed E-state index contributed by atoms with van der Waals surface area (Å²) in [6.07, 6.45) is 3.03. The predicted molar refractivity (Wildman–Crippen MR) is 57.4 cm³/mol. The lowest BCUT2D eigenvalue weighted by Gasteiger charge is -2.22. The quantitative estimate of drug-likeness (QED) is 0.653. The van der Waals surface area contributed by atoms with Crippen LogP contribution in [0.4, 0.5) is 0 Å². The van der Waals surface area contributed by atoms with Crippen molar-refractivity contribution in [2.24, 2.45) is 5.14 Å².